The van der Waals surface area contributed by atoms with Gasteiger partial charge in [0.05, 0.1) is 11.9 Å². The molecule has 6 rings (SSSR count). The fraction of sp³-hybridized carbons (Fsp3) is 0.351. The van der Waals surface area contributed by atoms with Crippen LogP contribution in [-0.4, -0.2) is 76.6 Å². The van der Waals surface area contributed by atoms with Crippen LogP contribution in [0.4, 0.5) is 11.6 Å². The minimum Gasteiger partial charge on any atom is -0.366 e. The normalized spacial score (nSPS) is 15.5. The second-order valence-corrected chi connectivity index (χ2v) is 12.8. The van der Waals surface area contributed by atoms with Crippen LogP contribution in [0.3, 0.4) is 0 Å². The van der Waals surface area contributed by atoms with Gasteiger partial charge in [-0.3, -0.25) is 9.78 Å². The molecule has 1 atom stereocenters. The maximum Gasteiger partial charge on any atom is 0.163 e. The first kappa shape index (κ1) is 31.4. The van der Waals surface area contributed by atoms with Crippen molar-refractivity contribution in [1.29, 1.82) is 0 Å². The van der Waals surface area contributed by atoms with Crippen LogP contribution in [0.2, 0.25) is 0 Å². The molecule has 238 valence electrons. The van der Waals surface area contributed by atoms with Crippen molar-refractivity contribution in [3.63, 3.8) is 0 Å². The van der Waals surface area contributed by atoms with Crippen molar-refractivity contribution in [2.75, 3.05) is 50.5 Å². The molecule has 0 saturated carbocycles. The lowest BCUT2D eigenvalue weighted by atomic mass is 9.97. The number of piperazine rings is 1. The van der Waals surface area contributed by atoms with Gasteiger partial charge in [0.1, 0.15) is 11.6 Å². The highest BCUT2D eigenvalue weighted by Gasteiger charge is 2.21. The van der Waals surface area contributed by atoms with Crippen molar-refractivity contribution >= 4 is 33.8 Å². The number of allylic oxidation sites excluding steroid dienone is 1. The molecule has 1 aliphatic rings. The van der Waals surface area contributed by atoms with Gasteiger partial charge in [-0.25, -0.2) is 4.98 Å². The Morgan fingerprint density at radius 2 is 2.00 bits per heavy atom. The van der Waals surface area contributed by atoms with Crippen LogP contribution in [0.15, 0.2) is 79.1 Å². The Labute approximate surface area is 271 Å². The second kappa shape index (κ2) is 13.8. The van der Waals surface area contributed by atoms with E-state index in [2.05, 4.69) is 78.8 Å². The molecule has 0 spiro atoms. The second-order valence-electron chi connectivity index (χ2n) is 12.8. The summed E-state index contributed by atoms with van der Waals surface area (Å²) in [5, 5.41) is 14.1. The number of rotatable bonds is 11. The molecule has 2 N–H and O–H groups in total. The summed E-state index contributed by atoms with van der Waals surface area (Å²) in [6, 6.07) is 19.2. The summed E-state index contributed by atoms with van der Waals surface area (Å²) in [7, 11) is 3.98. The Bertz CT molecular complexity index is 1870. The molecule has 1 saturated heterocycles. The summed E-state index contributed by atoms with van der Waals surface area (Å²) in [5.41, 5.74) is 6.16. The Balaban J connectivity index is 1.29. The number of hydrogen-bond donors (Lipinski definition) is 2. The van der Waals surface area contributed by atoms with Crippen molar-refractivity contribution < 1.29 is 4.79 Å². The molecule has 4 heterocycles. The van der Waals surface area contributed by atoms with Gasteiger partial charge in [0.15, 0.2) is 11.4 Å². The number of benzene rings is 2. The maximum absolute atomic E-state index is 12.6. The van der Waals surface area contributed by atoms with Crippen LogP contribution in [0.5, 0.6) is 0 Å². The minimum atomic E-state index is 0.101. The maximum atomic E-state index is 12.6. The van der Waals surface area contributed by atoms with E-state index in [-0.39, 0.29) is 5.78 Å². The zero-order valence-corrected chi connectivity index (χ0v) is 27.5. The molecule has 0 aliphatic carbocycles. The zero-order valence-electron chi connectivity index (χ0n) is 27.5. The third kappa shape index (κ3) is 6.95. The van der Waals surface area contributed by atoms with Crippen LogP contribution < -0.4 is 15.5 Å². The zero-order chi connectivity index (χ0) is 32.2. The molecular formula is C37H44N8O. The van der Waals surface area contributed by atoms with Gasteiger partial charge in [-0.05, 0) is 55.6 Å². The predicted octanol–water partition coefficient (Wildman–Crippen LogP) is 5.71. The molecule has 0 bridgehead atoms. The first-order valence-corrected chi connectivity index (χ1v) is 16.2. The molecule has 0 radical (unpaired) electrons. The highest BCUT2D eigenvalue weighted by atomic mass is 16.1. The lowest BCUT2D eigenvalue weighted by molar-refractivity contribution is -0.114. The van der Waals surface area contributed by atoms with E-state index >= 15 is 0 Å². The molecular weight excluding hydrogens is 572 g/mol. The quantitative estimate of drug-likeness (QED) is 0.183. The molecule has 2 aromatic carbocycles. The first-order chi connectivity index (χ1) is 22.3. The van der Waals surface area contributed by atoms with Crippen LogP contribution >= 0.6 is 0 Å². The predicted molar refractivity (Wildman–Crippen MR) is 188 cm³/mol. The van der Waals surface area contributed by atoms with Crippen LogP contribution in [0.25, 0.3) is 27.7 Å². The van der Waals surface area contributed by atoms with Crippen LogP contribution in [-0.2, 0) is 17.8 Å². The molecule has 46 heavy (non-hydrogen) atoms. The number of anilines is 2. The smallest absolute Gasteiger partial charge is 0.163 e. The fourth-order valence-corrected chi connectivity index (χ4v) is 6.10. The Morgan fingerprint density at radius 3 is 2.80 bits per heavy atom. The van der Waals surface area contributed by atoms with Crippen molar-refractivity contribution in [3.8, 4) is 11.3 Å². The molecule has 1 aliphatic heterocycles. The number of fused-ring (bicyclic) bond motifs is 2. The van der Waals surface area contributed by atoms with E-state index < -0.39 is 0 Å². The molecule has 3 aromatic heterocycles. The van der Waals surface area contributed by atoms with Crippen LogP contribution in [0.1, 0.15) is 43.4 Å². The minimum absolute atomic E-state index is 0.101. The fourth-order valence-electron chi connectivity index (χ4n) is 6.10. The van der Waals surface area contributed by atoms with E-state index in [9.17, 15) is 4.79 Å². The number of nitrogens with zero attached hydrogens (tertiary/aromatic N) is 6. The summed E-state index contributed by atoms with van der Waals surface area (Å²) in [6.07, 6.45) is 7.77. The third-order valence-electron chi connectivity index (χ3n) is 8.51. The number of ketones is 1. The highest BCUT2D eigenvalue weighted by molar-refractivity contribution is 5.97. The first-order valence-electron chi connectivity index (χ1n) is 16.2. The van der Waals surface area contributed by atoms with E-state index in [0.29, 0.717) is 24.9 Å². The third-order valence-corrected chi connectivity index (χ3v) is 8.51. The Kier molecular flexibility index (Phi) is 9.42. The molecule has 9 nitrogen and oxygen atoms in total. The average molecular weight is 617 g/mol. The van der Waals surface area contributed by atoms with Crippen molar-refractivity contribution in [2.45, 2.75) is 45.7 Å². The van der Waals surface area contributed by atoms with Crippen molar-refractivity contribution in [1.82, 2.24) is 29.8 Å². The molecule has 9 heteroatoms. The van der Waals surface area contributed by atoms with E-state index in [1.165, 1.54) is 0 Å². The lowest BCUT2D eigenvalue weighted by Crippen LogP contribution is -2.49. The van der Waals surface area contributed by atoms with Gasteiger partial charge in [0.2, 0.25) is 0 Å². The number of hydrogen-bond acceptors (Lipinski definition) is 8. The summed E-state index contributed by atoms with van der Waals surface area (Å²) in [5.74, 6) is 2.29. The van der Waals surface area contributed by atoms with Crippen molar-refractivity contribution in [3.05, 3.63) is 95.8 Å². The number of carbonyl (C=O) groups excluding carboxylic acids is 1. The van der Waals surface area contributed by atoms with Gasteiger partial charge in [0.25, 0.3) is 0 Å². The molecule has 5 aromatic rings. The van der Waals surface area contributed by atoms with E-state index in [4.69, 9.17) is 15.1 Å². The van der Waals surface area contributed by atoms with Crippen LogP contribution in [0, 0.1) is 0 Å². The molecule has 1 unspecified atom stereocenters. The van der Waals surface area contributed by atoms with Gasteiger partial charge in [-0.1, -0.05) is 62.4 Å². The highest BCUT2D eigenvalue weighted by Crippen LogP contribution is 2.31. The van der Waals surface area contributed by atoms with E-state index in [0.717, 1.165) is 82.2 Å². The lowest BCUT2D eigenvalue weighted by Gasteiger charge is -2.33. The average Bonchev–Trinajstić information content (AvgIpc) is 3.48. The topological polar surface area (TPSA) is 90.7 Å². The van der Waals surface area contributed by atoms with Gasteiger partial charge in [-0.2, -0.15) is 9.61 Å². The number of pyridine rings is 1. The van der Waals surface area contributed by atoms with Gasteiger partial charge in [0, 0.05) is 74.0 Å². The summed E-state index contributed by atoms with van der Waals surface area (Å²) in [4.78, 5) is 26.9. The number of likely N-dealkylation sites (N-methyl/N-ethyl adjacent to an activating group) is 1. The number of carbonyl (C=O) groups is 1. The molecule has 0 amide bonds. The van der Waals surface area contributed by atoms with Crippen molar-refractivity contribution in [2.24, 2.45) is 0 Å². The number of nitrogens with one attached hydrogen (secondary N) is 2. The monoisotopic (exact) mass is 616 g/mol. The Morgan fingerprint density at radius 1 is 1.15 bits per heavy atom. The SMILES string of the molecule is CC1CN(c2cc(NCc3ccccc3-c3nccc4cc(CC(=O)/C=C/CN(C)C)ccc34)n3ncc(C(C)C)c3n2)CCN1. The van der Waals surface area contributed by atoms with Gasteiger partial charge < -0.3 is 20.4 Å². The number of aromatic nitrogens is 4. The standard InChI is InChI=1S/C37H44N8O/c1-25(2)33-23-41-45-34(21-35(42-37(33)45)44-18-16-38-26(3)24-44)40-22-29-9-6-7-11-31(29)36-32-13-12-27(19-28(32)14-15-39-36)20-30(46)10-8-17-43(4)5/h6-15,19,21,23,25-26,38,40H,16-18,20,22,24H2,1-5H3/b10-8+. The largest absolute Gasteiger partial charge is 0.366 e. The van der Waals surface area contributed by atoms with Gasteiger partial charge in [-0.15, -0.1) is 0 Å². The van der Waals surface area contributed by atoms with E-state index in [1.54, 1.807) is 6.08 Å². The Hall–Kier alpha value is -4.60. The summed E-state index contributed by atoms with van der Waals surface area (Å²) >= 11 is 0. The summed E-state index contributed by atoms with van der Waals surface area (Å²) in [6.45, 7) is 10.7. The summed E-state index contributed by atoms with van der Waals surface area (Å²) < 4.78 is 1.93. The van der Waals surface area contributed by atoms with E-state index in [1.807, 2.05) is 54.1 Å². The molecule has 1 fully saturated rings. The van der Waals surface area contributed by atoms with Gasteiger partial charge >= 0.3 is 0 Å².